The van der Waals surface area contributed by atoms with Crippen molar-refractivity contribution in [3.05, 3.63) is 85.9 Å². The fourth-order valence-corrected chi connectivity index (χ4v) is 5.19. The third kappa shape index (κ3) is 4.95. The Labute approximate surface area is 229 Å². The molecule has 0 saturated heterocycles. The minimum absolute atomic E-state index is 0.0610. The van der Waals surface area contributed by atoms with Crippen molar-refractivity contribution in [2.45, 2.75) is 17.2 Å². The third-order valence-electron chi connectivity index (χ3n) is 5.78. The molecule has 188 valence electrons. The van der Waals surface area contributed by atoms with Crippen molar-refractivity contribution in [3.63, 3.8) is 0 Å². The Bertz CT molecular complexity index is 1420. The first-order valence-corrected chi connectivity index (χ1v) is 12.2. The molecular formula is C24H16Cl5F2N3O2. The normalized spacial score (nSPS) is 18.0. The lowest BCUT2D eigenvalue weighted by Gasteiger charge is -2.13. The van der Waals surface area contributed by atoms with E-state index in [9.17, 15) is 18.4 Å². The Hall–Kier alpha value is -2.29. The number of halogens is 7. The van der Waals surface area contributed by atoms with Gasteiger partial charge in [-0.3, -0.25) is 9.59 Å². The number of nitrogens with two attached hydrogens (primary N) is 1. The van der Waals surface area contributed by atoms with Crippen LogP contribution in [0, 0.1) is 24.5 Å². The van der Waals surface area contributed by atoms with Crippen LogP contribution in [0.25, 0.3) is 0 Å². The highest BCUT2D eigenvalue weighted by Gasteiger charge is 2.67. The van der Waals surface area contributed by atoms with Crippen molar-refractivity contribution in [1.29, 1.82) is 0 Å². The number of benzene rings is 3. The Balaban J connectivity index is 1.56. The van der Waals surface area contributed by atoms with Crippen LogP contribution in [0.4, 0.5) is 25.8 Å². The molecule has 2 amide bonds. The van der Waals surface area contributed by atoms with Gasteiger partial charge in [0.15, 0.2) is 5.82 Å². The standard InChI is InChI=1S/C24H16Cl5F2N3O2/c1-9-6-11(8-12(19(9)27)22(35)34-16-5-4-15(30)21(32)20(16)31)33-23(36)18-17(24(18,28)29)10-2-3-13(25)14(26)7-10/h2-8,17-18H,32H2,1H3,(H,33,36)(H,34,35)/t17-,18+/m0/s1. The lowest BCUT2D eigenvalue weighted by molar-refractivity contribution is -0.117. The number of aryl methyl sites for hydroxylation is 1. The molecule has 5 nitrogen and oxygen atoms in total. The number of anilines is 3. The van der Waals surface area contributed by atoms with Crippen LogP contribution in [0.15, 0.2) is 42.5 Å². The van der Waals surface area contributed by atoms with Gasteiger partial charge in [0.25, 0.3) is 5.91 Å². The molecule has 3 aromatic carbocycles. The summed E-state index contributed by atoms with van der Waals surface area (Å²) in [7, 11) is 0. The lowest BCUT2D eigenvalue weighted by atomic mass is 10.1. The molecule has 0 unspecified atom stereocenters. The largest absolute Gasteiger partial charge is 0.394 e. The van der Waals surface area contributed by atoms with Crippen molar-refractivity contribution in [2.75, 3.05) is 16.4 Å². The molecule has 1 aliphatic rings. The van der Waals surface area contributed by atoms with Gasteiger partial charge in [0.2, 0.25) is 5.91 Å². The first kappa shape index (κ1) is 26.8. The van der Waals surface area contributed by atoms with Crippen LogP contribution in [0.2, 0.25) is 15.1 Å². The van der Waals surface area contributed by atoms with Gasteiger partial charge < -0.3 is 16.4 Å². The quantitative estimate of drug-likeness (QED) is 0.211. The summed E-state index contributed by atoms with van der Waals surface area (Å²) in [5.74, 6) is -4.74. The van der Waals surface area contributed by atoms with Crippen molar-refractivity contribution in [3.8, 4) is 0 Å². The van der Waals surface area contributed by atoms with Gasteiger partial charge in [-0.15, -0.1) is 23.2 Å². The van der Waals surface area contributed by atoms with Crippen LogP contribution in [-0.2, 0) is 4.79 Å². The highest BCUT2D eigenvalue weighted by atomic mass is 35.5. The number of nitrogens with one attached hydrogen (secondary N) is 2. The maximum Gasteiger partial charge on any atom is 0.257 e. The van der Waals surface area contributed by atoms with Gasteiger partial charge in [-0.2, -0.15) is 0 Å². The van der Waals surface area contributed by atoms with E-state index in [2.05, 4.69) is 10.6 Å². The molecule has 3 aromatic rings. The summed E-state index contributed by atoms with van der Waals surface area (Å²) in [5, 5.41) is 5.72. The van der Waals surface area contributed by atoms with E-state index in [4.69, 9.17) is 63.7 Å². The number of hydrogen-bond donors (Lipinski definition) is 3. The molecule has 0 spiro atoms. The molecule has 1 saturated carbocycles. The van der Waals surface area contributed by atoms with Crippen LogP contribution < -0.4 is 16.4 Å². The molecule has 1 fully saturated rings. The molecule has 0 aromatic heterocycles. The van der Waals surface area contributed by atoms with Gasteiger partial charge in [-0.05, 0) is 54.4 Å². The highest BCUT2D eigenvalue weighted by molar-refractivity contribution is 6.53. The Morgan fingerprint density at radius 1 is 0.972 bits per heavy atom. The average molecular weight is 594 g/mol. The van der Waals surface area contributed by atoms with Crippen LogP contribution >= 0.6 is 58.0 Å². The minimum atomic E-state index is -1.39. The summed E-state index contributed by atoms with van der Waals surface area (Å²) < 4.78 is 26.3. The Morgan fingerprint density at radius 3 is 2.33 bits per heavy atom. The topological polar surface area (TPSA) is 84.2 Å². The van der Waals surface area contributed by atoms with Gasteiger partial charge in [-0.25, -0.2) is 8.78 Å². The molecular weight excluding hydrogens is 578 g/mol. The molecule has 1 aliphatic carbocycles. The number of rotatable bonds is 5. The van der Waals surface area contributed by atoms with Crippen LogP contribution in [0.1, 0.15) is 27.4 Å². The van der Waals surface area contributed by atoms with Crippen LogP contribution in [-0.4, -0.2) is 16.1 Å². The highest BCUT2D eigenvalue weighted by Crippen LogP contribution is 2.65. The maximum atomic E-state index is 14.3. The van der Waals surface area contributed by atoms with E-state index >= 15 is 0 Å². The van der Waals surface area contributed by atoms with E-state index in [-0.39, 0.29) is 22.0 Å². The molecule has 12 heteroatoms. The molecule has 0 bridgehead atoms. The molecule has 2 atom stereocenters. The summed E-state index contributed by atoms with van der Waals surface area (Å²) in [5.41, 5.74) is 5.55. The number of nitrogen functional groups attached to an aromatic ring is 1. The van der Waals surface area contributed by atoms with E-state index in [1.807, 2.05) is 0 Å². The summed E-state index contributed by atoms with van der Waals surface area (Å²) in [6, 6.07) is 9.67. The Morgan fingerprint density at radius 2 is 1.67 bits per heavy atom. The van der Waals surface area contributed by atoms with Gasteiger partial charge in [0, 0.05) is 11.6 Å². The van der Waals surface area contributed by atoms with Crippen molar-refractivity contribution < 1.29 is 18.4 Å². The molecule has 4 N–H and O–H groups in total. The smallest absolute Gasteiger partial charge is 0.257 e. The minimum Gasteiger partial charge on any atom is -0.394 e. The van der Waals surface area contributed by atoms with E-state index in [1.165, 1.54) is 6.07 Å². The predicted octanol–water partition coefficient (Wildman–Crippen LogP) is 7.59. The second-order valence-corrected chi connectivity index (χ2v) is 10.9. The lowest BCUT2D eigenvalue weighted by Crippen LogP contribution is -2.19. The van der Waals surface area contributed by atoms with E-state index in [0.29, 0.717) is 21.2 Å². The second-order valence-electron chi connectivity index (χ2n) is 8.22. The molecule has 36 heavy (non-hydrogen) atoms. The number of hydrogen-bond acceptors (Lipinski definition) is 3. The van der Waals surface area contributed by atoms with Crippen molar-refractivity contribution >= 4 is 86.9 Å². The number of carbonyl (C=O) groups is 2. The van der Waals surface area contributed by atoms with E-state index in [1.54, 1.807) is 31.2 Å². The van der Waals surface area contributed by atoms with Crippen LogP contribution in [0.3, 0.4) is 0 Å². The van der Waals surface area contributed by atoms with Gasteiger partial charge in [0.1, 0.15) is 15.8 Å². The summed E-state index contributed by atoms with van der Waals surface area (Å²) in [6.07, 6.45) is 0. The zero-order valence-corrected chi connectivity index (χ0v) is 22.0. The zero-order chi connectivity index (χ0) is 26.5. The first-order chi connectivity index (χ1) is 16.8. The van der Waals surface area contributed by atoms with Gasteiger partial charge in [0.05, 0.1) is 32.2 Å². The molecule has 0 aliphatic heterocycles. The monoisotopic (exact) mass is 591 g/mol. The number of amides is 2. The van der Waals surface area contributed by atoms with Gasteiger partial charge >= 0.3 is 0 Å². The van der Waals surface area contributed by atoms with E-state index in [0.717, 1.165) is 12.1 Å². The van der Waals surface area contributed by atoms with Crippen molar-refractivity contribution in [2.24, 2.45) is 5.92 Å². The molecule has 0 heterocycles. The number of alkyl halides is 2. The molecule has 0 radical (unpaired) electrons. The summed E-state index contributed by atoms with van der Waals surface area (Å²) >= 11 is 31.1. The van der Waals surface area contributed by atoms with Gasteiger partial charge in [-0.1, -0.05) is 40.9 Å². The fraction of sp³-hybridized carbons (Fsp3) is 0.167. The summed E-state index contributed by atoms with van der Waals surface area (Å²) in [4.78, 5) is 25.9. The predicted molar refractivity (Wildman–Crippen MR) is 141 cm³/mol. The first-order valence-electron chi connectivity index (χ1n) is 10.3. The zero-order valence-electron chi connectivity index (χ0n) is 18.2. The summed E-state index contributed by atoms with van der Waals surface area (Å²) in [6.45, 7) is 1.62. The van der Waals surface area contributed by atoms with Crippen LogP contribution in [0.5, 0.6) is 0 Å². The second kappa shape index (κ2) is 9.88. The third-order valence-corrected chi connectivity index (χ3v) is 7.96. The Kier molecular flexibility index (Phi) is 7.34. The SMILES string of the molecule is Cc1cc(NC(=O)[C@H]2[C@H](c3ccc(Cl)c(Cl)c3)C2(Cl)Cl)cc(C(=O)Nc2ccc(F)c(N)c2F)c1Cl. The average Bonchev–Trinajstić information content (AvgIpc) is 3.40. The molecule has 4 rings (SSSR count). The van der Waals surface area contributed by atoms with Crippen molar-refractivity contribution in [1.82, 2.24) is 0 Å². The van der Waals surface area contributed by atoms with E-state index < -0.39 is 45.3 Å². The number of carbonyl (C=O) groups excluding carboxylic acids is 2. The fourth-order valence-electron chi connectivity index (χ4n) is 3.86. The maximum absolute atomic E-state index is 14.3.